The van der Waals surface area contributed by atoms with Gasteiger partial charge in [0.05, 0.1) is 10.8 Å². The molecule has 7 nitrogen and oxygen atoms in total. The number of hydrogen-bond donors (Lipinski definition) is 0. The number of rotatable bonds is 5. The van der Waals surface area contributed by atoms with E-state index in [1.165, 1.54) is 29.5 Å². The number of hydrogen-bond acceptors (Lipinski definition) is 6. The van der Waals surface area contributed by atoms with E-state index in [1.807, 2.05) is 18.2 Å². The summed E-state index contributed by atoms with van der Waals surface area (Å²) in [6, 6.07) is 15.0. The largest absolute Gasteiger partial charge is 0.454 e. The van der Waals surface area contributed by atoms with E-state index in [0.717, 1.165) is 16.3 Å². The summed E-state index contributed by atoms with van der Waals surface area (Å²) in [7, 11) is -3.81. The Morgan fingerprint density at radius 3 is 2.50 bits per heavy atom. The van der Waals surface area contributed by atoms with Crippen LogP contribution in [0.4, 0.5) is 0 Å². The molecule has 0 spiro atoms. The standard InChI is InChI=1S/C21H22N2O5S2/c24-20(22-11-10-16-6-4-5-7-17(16)12-22)13-28-21(25)19-14-29-15-23(19)30(26,27)18-8-2-1-3-9-18/h1-9,19H,10-15H2/t19-/m1/s1. The number of ether oxygens (including phenoxy) is 1. The molecule has 2 aromatic carbocycles. The van der Waals surface area contributed by atoms with Gasteiger partial charge in [-0.1, -0.05) is 42.5 Å². The Kier molecular flexibility index (Phi) is 6.12. The molecule has 0 bridgehead atoms. The van der Waals surface area contributed by atoms with Gasteiger partial charge in [-0.15, -0.1) is 11.8 Å². The van der Waals surface area contributed by atoms with Crippen LogP contribution in [0.1, 0.15) is 11.1 Å². The fraction of sp³-hybridized carbons (Fsp3) is 0.333. The SMILES string of the molecule is O=C(OCC(=O)N1CCc2ccccc2C1)[C@H]1CSCN1S(=O)(=O)c1ccccc1. The highest BCUT2D eigenvalue weighted by Gasteiger charge is 2.41. The van der Waals surface area contributed by atoms with Crippen LogP contribution < -0.4 is 0 Å². The summed E-state index contributed by atoms with van der Waals surface area (Å²) in [4.78, 5) is 26.9. The third kappa shape index (κ3) is 4.23. The van der Waals surface area contributed by atoms with E-state index in [1.54, 1.807) is 23.1 Å². The summed E-state index contributed by atoms with van der Waals surface area (Å²) in [6.07, 6.45) is 0.762. The summed E-state index contributed by atoms with van der Waals surface area (Å²) in [5, 5.41) is 0. The van der Waals surface area contributed by atoms with E-state index >= 15 is 0 Å². The number of nitrogens with zero attached hydrogens (tertiary/aromatic N) is 2. The number of thioether (sulfide) groups is 1. The van der Waals surface area contributed by atoms with Gasteiger partial charge in [0.2, 0.25) is 10.0 Å². The van der Waals surface area contributed by atoms with Crippen molar-refractivity contribution in [3.8, 4) is 0 Å². The van der Waals surface area contributed by atoms with Crippen molar-refractivity contribution in [1.82, 2.24) is 9.21 Å². The molecule has 0 N–H and O–H groups in total. The van der Waals surface area contributed by atoms with Gasteiger partial charge in [-0.2, -0.15) is 4.31 Å². The highest BCUT2D eigenvalue weighted by Crippen LogP contribution is 2.29. The molecule has 1 saturated heterocycles. The van der Waals surface area contributed by atoms with E-state index in [-0.39, 0.29) is 23.3 Å². The third-order valence-corrected chi connectivity index (χ3v) is 8.33. The number of sulfonamides is 1. The molecule has 2 aliphatic heterocycles. The van der Waals surface area contributed by atoms with Gasteiger partial charge in [0.25, 0.3) is 5.91 Å². The Bertz CT molecular complexity index is 1040. The Morgan fingerprint density at radius 1 is 1.03 bits per heavy atom. The first kappa shape index (κ1) is 20.9. The molecule has 0 aromatic heterocycles. The number of fused-ring (bicyclic) bond motifs is 1. The van der Waals surface area contributed by atoms with Crippen LogP contribution in [0.2, 0.25) is 0 Å². The molecule has 0 saturated carbocycles. The molecule has 30 heavy (non-hydrogen) atoms. The van der Waals surface area contributed by atoms with Gasteiger partial charge in [0.15, 0.2) is 6.61 Å². The second-order valence-electron chi connectivity index (χ2n) is 7.16. The molecule has 2 aromatic rings. The molecular formula is C21H22N2O5S2. The van der Waals surface area contributed by atoms with Crippen LogP contribution in [0.5, 0.6) is 0 Å². The summed E-state index contributed by atoms with van der Waals surface area (Å²) >= 11 is 1.35. The molecule has 1 fully saturated rings. The first-order valence-electron chi connectivity index (χ1n) is 9.62. The van der Waals surface area contributed by atoms with Crippen LogP contribution in [0, 0.1) is 0 Å². The molecule has 9 heteroatoms. The molecule has 2 aliphatic rings. The fourth-order valence-electron chi connectivity index (χ4n) is 3.61. The Morgan fingerprint density at radius 2 is 1.73 bits per heavy atom. The van der Waals surface area contributed by atoms with Crippen molar-refractivity contribution < 1.29 is 22.7 Å². The number of esters is 1. The molecule has 4 rings (SSSR count). The minimum absolute atomic E-state index is 0.133. The van der Waals surface area contributed by atoms with Crippen molar-refractivity contribution in [1.29, 1.82) is 0 Å². The van der Waals surface area contributed by atoms with E-state index in [9.17, 15) is 18.0 Å². The van der Waals surface area contributed by atoms with Gasteiger partial charge in [-0.3, -0.25) is 9.59 Å². The van der Waals surface area contributed by atoms with Gasteiger partial charge in [0.1, 0.15) is 6.04 Å². The summed E-state index contributed by atoms with van der Waals surface area (Å²) < 4.78 is 32.2. The highest BCUT2D eigenvalue weighted by molar-refractivity contribution is 8.00. The molecule has 2 heterocycles. The number of carbonyl (C=O) groups excluding carboxylic acids is 2. The molecule has 158 valence electrons. The Balaban J connectivity index is 1.37. The monoisotopic (exact) mass is 446 g/mol. The van der Waals surface area contributed by atoms with Gasteiger partial charge in [-0.05, 0) is 29.7 Å². The normalized spacial score (nSPS) is 19.3. The van der Waals surface area contributed by atoms with Crippen molar-refractivity contribution >= 4 is 33.7 Å². The molecule has 0 aliphatic carbocycles. The lowest BCUT2D eigenvalue weighted by Gasteiger charge is -2.29. The van der Waals surface area contributed by atoms with Crippen molar-refractivity contribution in [2.75, 3.05) is 24.8 Å². The molecule has 0 unspecified atom stereocenters. The summed E-state index contributed by atoms with van der Waals surface area (Å²) in [5.74, 6) is -0.490. The van der Waals surface area contributed by atoms with Gasteiger partial charge >= 0.3 is 5.97 Å². The maximum Gasteiger partial charge on any atom is 0.325 e. The fourth-order valence-corrected chi connectivity index (χ4v) is 6.75. The second kappa shape index (κ2) is 8.79. The lowest BCUT2D eigenvalue weighted by molar-refractivity contribution is -0.154. The van der Waals surface area contributed by atoms with Crippen LogP contribution in [-0.2, 0) is 37.3 Å². The zero-order chi connectivity index (χ0) is 21.1. The van der Waals surface area contributed by atoms with Crippen molar-refractivity contribution in [3.63, 3.8) is 0 Å². The highest BCUT2D eigenvalue weighted by atomic mass is 32.2. The second-order valence-corrected chi connectivity index (χ2v) is 10.1. The van der Waals surface area contributed by atoms with Crippen LogP contribution in [-0.4, -0.2) is 60.3 Å². The van der Waals surface area contributed by atoms with E-state index in [4.69, 9.17) is 4.74 Å². The lowest BCUT2D eigenvalue weighted by atomic mass is 10.00. The zero-order valence-electron chi connectivity index (χ0n) is 16.3. The average molecular weight is 447 g/mol. The van der Waals surface area contributed by atoms with E-state index in [0.29, 0.717) is 18.8 Å². The predicted octanol–water partition coefficient (Wildman–Crippen LogP) is 1.88. The minimum atomic E-state index is -3.81. The van der Waals surface area contributed by atoms with Crippen LogP contribution in [0.15, 0.2) is 59.5 Å². The maximum absolute atomic E-state index is 12.9. The van der Waals surface area contributed by atoms with Gasteiger partial charge < -0.3 is 9.64 Å². The predicted molar refractivity (Wildman–Crippen MR) is 113 cm³/mol. The first-order chi connectivity index (χ1) is 14.5. The minimum Gasteiger partial charge on any atom is -0.454 e. The van der Waals surface area contributed by atoms with Crippen molar-refractivity contribution in [3.05, 3.63) is 65.7 Å². The van der Waals surface area contributed by atoms with Crippen molar-refractivity contribution in [2.24, 2.45) is 0 Å². The third-order valence-electron chi connectivity index (χ3n) is 5.29. The molecule has 1 amide bonds. The number of carbonyl (C=O) groups is 2. The average Bonchev–Trinajstić information content (AvgIpc) is 3.28. The van der Waals surface area contributed by atoms with Crippen LogP contribution in [0.3, 0.4) is 0 Å². The summed E-state index contributed by atoms with van der Waals surface area (Å²) in [6.45, 7) is 0.670. The quantitative estimate of drug-likeness (QED) is 0.652. The van der Waals surface area contributed by atoms with E-state index < -0.39 is 22.0 Å². The Labute approximate surface area is 180 Å². The summed E-state index contributed by atoms with van der Waals surface area (Å²) in [5.41, 5.74) is 2.32. The zero-order valence-corrected chi connectivity index (χ0v) is 17.9. The lowest BCUT2D eigenvalue weighted by Crippen LogP contribution is -2.44. The van der Waals surface area contributed by atoms with Crippen molar-refractivity contribution in [2.45, 2.75) is 23.9 Å². The van der Waals surface area contributed by atoms with Gasteiger partial charge in [-0.25, -0.2) is 8.42 Å². The first-order valence-corrected chi connectivity index (χ1v) is 12.2. The number of amides is 1. The molecule has 1 atom stereocenters. The van der Waals surface area contributed by atoms with Crippen LogP contribution >= 0.6 is 11.8 Å². The topological polar surface area (TPSA) is 84.0 Å². The van der Waals surface area contributed by atoms with Gasteiger partial charge in [0, 0.05) is 18.8 Å². The Hall–Kier alpha value is -2.36. The smallest absolute Gasteiger partial charge is 0.325 e. The van der Waals surface area contributed by atoms with Crippen LogP contribution in [0.25, 0.3) is 0 Å². The van der Waals surface area contributed by atoms with E-state index in [2.05, 4.69) is 6.07 Å². The maximum atomic E-state index is 12.9. The molecule has 0 radical (unpaired) electrons. The molecular weight excluding hydrogens is 424 g/mol. The number of benzene rings is 2.